The van der Waals surface area contributed by atoms with Crippen molar-refractivity contribution in [3.05, 3.63) is 100 Å². The van der Waals surface area contributed by atoms with E-state index in [1.807, 2.05) is 41.8 Å². The van der Waals surface area contributed by atoms with Gasteiger partial charge in [0, 0.05) is 19.0 Å². The normalized spacial score (nSPS) is 15.4. The van der Waals surface area contributed by atoms with Gasteiger partial charge in [-0.25, -0.2) is 9.48 Å². The lowest BCUT2D eigenvalue weighted by atomic mass is 9.95. The lowest BCUT2D eigenvalue weighted by Gasteiger charge is -2.31. The Labute approximate surface area is 188 Å². The minimum absolute atomic E-state index is 0.00420. The van der Waals surface area contributed by atoms with E-state index in [2.05, 4.69) is 47.4 Å². The molecule has 1 aromatic heterocycles. The topological polar surface area (TPSA) is 43.1 Å². The van der Waals surface area contributed by atoms with E-state index in [1.54, 1.807) is 4.68 Å². The Hall–Kier alpha value is -3.18. The molecular weight excluding hydrogens is 396 g/mol. The maximum atomic E-state index is 13.0. The number of benzene rings is 3. The van der Waals surface area contributed by atoms with Crippen LogP contribution in [0.2, 0.25) is 0 Å². The standard InChI is InChI=1S/C27H30N4O/c1-2-30-26(28-31(27(30)32)19-21-9-4-3-5-10-21)23-15-17-29(18-16-23)20-24-13-8-12-22-11-6-7-14-25(22)24/h3-14,23H,2,15-20H2,1H3. The van der Waals surface area contributed by atoms with Crippen LogP contribution in [0.4, 0.5) is 0 Å². The van der Waals surface area contributed by atoms with Gasteiger partial charge in [-0.2, -0.15) is 5.10 Å². The zero-order valence-electron chi connectivity index (χ0n) is 18.7. The number of fused-ring (bicyclic) bond motifs is 1. The maximum absolute atomic E-state index is 13.0. The molecule has 5 nitrogen and oxygen atoms in total. The predicted octanol–water partition coefficient (Wildman–Crippen LogP) is 4.65. The molecule has 1 saturated heterocycles. The first-order valence-electron chi connectivity index (χ1n) is 11.6. The highest BCUT2D eigenvalue weighted by Crippen LogP contribution is 2.28. The molecule has 0 N–H and O–H groups in total. The van der Waals surface area contributed by atoms with Gasteiger partial charge in [-0.05, 0) is 54.8 Å². The zero-order chi connectivity index (χ0) is 21.9. The first-order valence-corrected chi connectivity index (χ1v) is 11.6. The summed E-state index contributed by atoms with van der Waals surface area (Å²) in [5, 5.41) is 7.44. The molecule has 1 aliphatic rings. The Morgan fingerprint density at radius 3 is 2.38 bits per heavy atom. The number of nitrogens with zero attached hydrogens (tertiary/aromatic N) is 4. The van der Waals surface area contributed by atoms with Crippen molar-refractivity contribution >= 4 is 10.8 Å². The van der Waals surface area contributed by atoms with E-state index in [0.29, 0.717) is 19.0 Å². The molecule has 0 spiro atoms. The molecule has 0 radical (unpaired) electrons. The van der Waals surface area contributed by atoms with Crippen molar-refractivity contribution < 1.29 is 0 Å². The van der Waals surface area contributed by atoms with Gasteiger partial charge in [-0.3, -0.25) is 9.47 Å². The number of hydrogen-bond donors (Lipinski definition) is 0. The highest BCUT2D eigenvalue weighted by molar-refractivity contribution is 5.85. The van der Waals surface area contributed by atoms with Crippen molar-refractivity contribution in [1.29, 1.82) is 0 Å². The molecule has 2 heterocycles. The number of piperidine rings is 1. The third kappa shape index (κ3) is 4.13. The SMILES string of the molecule is CCn1c(C2CCN(Cc3cccc4ccccc34)CC2)nn(Cc2ccccc2)c1=O. The fourth-order valence-corrected chi connectivity index (χ4v) is 4.94. The van der Waals surface area contributed by atoms with Crippen molar-refractivity contribution in [2.45, 2.75) is 45.3 Å². The smallest absolute Gasteiger partial charge is 0.299 e. The van der Waals surface area contributed by atoms with Crippen LogP contribution in [0.15, 0.2) is 77.6 Å². The first kappa shape index (κ1) is 20.7. The molecule has 164 valence electrons. The van der Waals surface area contributed by atoms with Crippen molar-refractivity contribution in [1.82, 2.24) is 19.2 Å². The number of hydrogen-bond acceptors (Lipinski definition) is 3. The van der Waals surface area contributed by atoms with E-state index in [4.69, 9.17) is 5.10 Å². The van der Waals surface area contributed by atoms with E-state index in [1.165, 1.54) is 16.3 Å². The highest BCUT2D eigenvalue weighted by atomic mass is 16.2. The van der Waals surface area contributed by atoms with Crippen molar-refractivity contribution in [2.24, 2.45) is 0 Å². The van der Waals surface area contributed by atoms with Crippen molar-refractivity contribution in [3.63, 3.8) is 0 Å². The van der Waals surface area contributed by atoms with Gasteiger partial charge in [0.15, 0.2) is 0 Å². The molecular formula is C27H30N4O. The molecule has 0 atom stereocenters. The molecule has 1 aliphatic heterocycles. The molecule has 0 amide bonds. The third-order valence-electron chi connectivity index (χ3n) is 6.67. The minimum Gasteiger partial charge on any atom is -0.299 e. The van der Waals surface area contributed by atoms with Crippen molar-refractivity contribution in [3.8, 4) is 0 Å². The Morgan fingerprint density at radius 2 is 1.59 bits per heavy atom. The summed E-state index contributed by atoms with van der Waals surface area (Å²) in [6.07, 6.45) is 2.07. The molecule has 5 rings (SSSR count). The van der Waals surface area contributed by atoms with Gasteiger partial charge >= 0.3 is 5.69 Å². The fourth-order valence-electron chi connectivity index (χ4n) is 4.94. The molecule has 0 aliphatic carbocycles. The van der Waals surface area contributed by atoms with Gasteiger partial charge in [0.1, 0.15) is 5.82 Å². The monoisotopic (exact) mass is 426 g/mol. The molecule has 0 bridgehead atoms. The van der Waals surface area contributed by atoms with Gasteiger partial charge in [-0.1, -0.05) is 72.8 Å². The summed E-state index contributed by atoms with van der Waals surface area (Å²) in [7, 11) is 0. The first-order chi connectivity index (χ1) is 15.7. The van der Waals surface area contributed by atoms with Crippen LogP contribution in [0.25, 0.3) is 10.8 Å². The lowest BCUT2D eigenvalue weighted by Crippen LogP contribution is -2.33. The van der Waals surface area contributed by atoms with Crippen molar-refractivity contribution in [2.75, 3.05) is 13.1 Å². The number of aromatic nitrogens is 3. The maximum Gasteiger partial charge on any atom is 0.346 e. The molecule has 1 fully saturated rings. The third-order valence-corrected chi connectivity index (χ3v) is 6.67. The molecule has 32 heavy (non-hydrogen) atoms. The number of likely N-dealkylation sites (tertiary alicyclic amines) is 1. The van der Waals surface area contributed by atoms with E-state index >= 15 is 0 Å². The summed E-state index contributed by atoms with van der Waals surface area (Å²) in [5.41, 5.74) is 2.50. The summed E-state index contributed by atoms with van der Waals surface area (Å²) in [6, 6.07) is 25.3. The lowest BCUT2D eigenvalue weighted by molar-refractivity contribution is 0.200. The van der Waals surface area contributed by atoms with Crippen LogP contribution in [0, 0.1) is 0 Å². The van der Waals surface area contributed by atoms with E-state index in [-0.39, 0.29) is 5.69 Å². The highest BCUT2D eigenvalue weighted by Gasteiger charge is 2.26. The van der Waals surface area contributed by atoms with Gasteiger partial charge < -0.3 is 0 Å². The van der Waals surface area contributed by atoms with Crippen LogP contribution in [-0.4, -0.2) is 32.3 Å². The second-order valence-electron chi connectivity index (χ2n) is 8.72. The molecule has 0 unspecified atom stereocenters. The van der Waals surface area contributed by atoms with Crippen LogP contribution < -0.4 is 5.69 Å². The van der Waals surface area contributed by atoms with Crippen LogP contribution in [0.3, 0.4) is 0 Å². The summed E-state index contributed by atoms with van der Waals surface area (Å²) < 4.78 is 3.50. The molecule has 3 aromatic carbocycles. The molecule has 5 heteroatoms. The average Bonchev–Trinajstić information content (AvgIpc) is 3.15. The second-order valence-corrected chi connectivity index (χ2v) is 8.72. The summed E-state index contributed by atoms with van der Waals surface area (Å²) in [6.45, 7) is 6.25. The average molecular weight is 427 g/mol. The summed E-state index contributed by atoms with van der Waals surface area (Å²) >= 11 is 0. The Kier molecular flexibility index (Phi) is 5.91. The largest absolute Gasteiger partial charge is 0.346 e. The Balaban J connectivity index is 1.30. The van der Waals surface area contributed by atoms with Gasteiger partial charge in [0.2, 0.25) is 0 Å². The zero-order valence-corrected chi connectivity index (χ0v) is 18.7. The van der Waals surface area contributed by atoms with Crippen LogP contribution in [-0.2, 0) is 19.6 Å². The second kappa shape index (κ2) is 9.13. The molecule has 0 saturated carbocycles. The van der Waals surface area contributed by atoms with E-state index in [0.717, 1.165) is 43.9 Å². The van der Waals surface area contributed by atoms with E-state index < -0.39 is 0 Å². The van der Waals surface area contributed by atoms with Crippen LogP contribution in [0.5, 0.6) is 0 Å². The number of rotatable bonds is 6. The predicted molar refractivity (Wildman–Crippen MR) is 129 cm³/mol. The van der Waals surface area contributed by atoms with Gasteiger partial charge in [0.05, 0.1) is 6.54 Å². The van der Waals surface area contributed by atoms with Crippen LogP contribution >= 0.6 is 0 Å². The minimum atomic E-state index is 0.00420. The molecule has 4 aromatic rings. The Morgan fingerprint density at radius 1 is 0.875 bits per heavy atom. The summed E-state index contributed by atoms with van der Waals surface area (Å²) in [4.78, 5) is 15.5. The van der Waals surface area contributed by atoms with E-state index in [9.17, 15) is 4.79 Å². The van der Waals surface area contributed by atoms with Gasteiger partial charge in [0.25, 0.3) is 0 Å². The Bertz CT molecular complexity index is 1240. The summed E-state index contributed by atoms with van der Waals surface area (Å²) in [5.74, 6) is 1.29. The quantitative estimate of drug-likeness (QED) is 0.451. The van der Waals surface area contributed by atoms with Gasteiger partial charge in [-0.15, -0.1) is 0 Å². The van der Waals surface area contributed by atoms with Crippen LogP contribution in [0.1, 0.15) is 42.6 Å². The fraction of sp³-hybridized carbons (Fsp3) is 0.333.